The highest BCUT2D eigenvalue weighted by Gasteiger charge is 2.24. The molecule has 1 aliphatic rings. The van der Waals surface area contributed by atoms with Gasteiger partial charge in [-0.2, -0.15) is 0 Å². The maximum atomic E-state index is 12.1. The van der Waals surface area contributed by atoms with Crippen LogP contribution in [0.1, 0.15) is 50.2 Å². The number of amides is 1. The van der Waals surface area contributed by atoms with Crippen LogP contribution in [0.25, 0.3) is 0 Å². The van der Waals surface area contributed by atoms with Crippen LogP contribution in [0.3, 0.4) is 0 Å². The van der Waals surface area contributed by atoms with Crippen molar-refractivity contribution in [1.82, 2.24) is 15.6 Å². The summed E-state index contributed by atoms with van der Waals surface area (Å²) in [6.07, 6.45) is 1.87. The van der Waals surface area contributed by atoms with Gasteiger partial charge in [0.05, 0.1) is 12.2 Å². The molecule has 0 aromatic carbocycles. The molecule has 2 rings (SSSR count). The van der Waals surface area contributed by atoms with Crippen LogP contribution in [0.4, 0.5) is 0 Å². The van der Waals surface area contributed by atoms with E-state index >= 15 is 0 Å². The van der Waals surface area contributed by atoms with Crippen LogP contribution in [-0.4, -0.2) is 23.5 Å². The molecule has 0 saturated carbocycles. The van der Waals surface area contributed by atoms with Crippen molar-refractivity contribution in [2.75, 3.05) is 6.54 Å². The molecule has 0 spiro atoms. The molecule has 0 bridgehead atoms. The number of nitrogens with one attached hydrogen (secondary N) is 2. The quantitative estimate of drug-likeness (QED) is 0.890. The molecule has 1 fully saturated rings. The lowest BCUT2D eigenvalue weighted by Crippen LogP contribution is -2.42. The van der Waals surface area contributed by atoms with Gasteiger partial charge in [0.15, 0.2) is 0 Å². The van der Waals surface area contributed by atoms with Gasteiger partial charge in [-0.3, -0.25) is 4.79 Å². The van der Waals surface area contributed by atoms with Crippen molar-refractivity contribution in [3.63, 3.8) is 0 Å². The van der Waals surface area contributed by atoms with Gasteiger partial charge in [-0.15, -0.1) is 11.3 Å². The third kappa shape index (κ3) is 4.01. The number of carbonyl (C=O) groups is 1. The van der Waals surface area contributed by atoms with Crippen LogP contribution >= 0.6 is 11.3 Å². The van der Waals surface area contributed by atoms with E-state index in [0.29, 0.717) is 18.5 Å². The summed E-state index contributed by atoms with van der Waals surface area (Å²) in [6, 6.07) is 0.442. The van der Waals surface area contributed by atoms with E-state index in [1.165, 1.54) is 0 Å². The van der Waals surface area contributed by atoms with Crippen molar-refractivity contribution < 1.29 is 4.79 Å². The van der Waals surface area contributed by atoms with Crippen molar-refractivity contribution >= 4 is 17.2 Å². The lowest BCUT2D eigenvalue weighted by atomic mass is 9.92. The van der Waals surface area contributed by atoms with E-state index < -0.39 is 0 Å². The summed E-state index contributed by atoms with van der Waals surface area (Å²) >= 11 is 1.63. The van der Waals surface area contributed by atoms with E-state index in [0.717, 1.165) is 30.1 Å². The fourth-order valence-corrected chi connectivity index (χ4v) is 3.24. The van der Waals surface area contributed by atoms with Gasteiger partial charge in [-0.1, -0.05) is 13.8 Å². The van der Waals surface area contributed by atoms with Gasteiger partial charge < -0.3 is 10.6 Å². The van der Waals surface area contributed by atoms with Crippen LogP contribution in [0.5, 0.6) is 0 Å². The van der Waals surface area contributed by atoms with Crippen LogP contribution in [0, 0.1) is 5.92 Å². The maximum absolute atomic E-state index is 12.1. The molecule has 2 N–H and O–H groups in total. The van der Waals surface area contributed by atoms with Crippen molar-refractivity contribution in [1.29, 1.82) is 0 Å². The number of carbonyl (C=O) groups excluding carboxylic acids is 1. The molecule has 5 heteroatoms. The summed E-state index contributed by atoms with van der Waals surface area (Å²) in [6.45, 7) is 7.90. The van der Waals surface area contributed by atoms with Gasteiger partial charge in [0, 0.05) is 17.3 Å². The van der Waals surface area contributed by atoms with E-state index in [1.54, 1.807) is 11.3 Å². The summed E-state index contributed by atoms with van der Waals surface area (Å²) < 4.78 is 0. The summed E-state index contributed by atoms with van der Waals surface area (Å²) in [5, 5.41) is 9.47. The summed E-state index contributed by atoms with van der Waals surface area (Å²) in [4.78, 5) is 16.6. The largest absolute Gasteiger partial charge is 0.349 e. The fraction of sp³-hybridized carbons (Fsp3) is 0.714. The van der Waals surface area contributed by atoms with Crippen LogP contribution in [0.15, 0.2) is 5.38 Å². The third-order valence-corrected chi connectivity index (χ3v) is 4.44. The number of nitrogens with zero attached hydrogens (tertiary/aromatic N) is 1. The predicted octanol–water partition coefficient (Wildman–Crippen LogP) is 2.27. The zero-order valence-corrected chi connectivity index (χ0v) is 12.7. The standard InChI is InChI=1S/C14H23N3OS/c1-9(2)12-8-19-13(17-12)7-16-14(18)11-4-5-15-10(3)6-11/h8-11,15H,4-7H2,1-3H3,(H,16,18)/t10-,11-/m0/s1. The molecule has 106 valence electrons. The zero-order valence-electron chi connectivity index (χ0n) is 11.9. The lowest BCUT2D eigenvalue weighted by molar-refractivity contribution is -0.126. The predicted molar refractivity (Wildman–Crippen MR) is 78.2 cm³/mol. The fourth-order valence-electron chi connectivity index (χ4n) is 2.35. The molecule has 0 radical (unpaired) electrons. The smallest absolute Gasteiger partial charge is 0.223 e. The second-order valence-corrected chi connectivity index (χ2v) is 6.56. The van der Waals surface area contributed by atoms with Gasteiger partial charge in [-0.25, -0.2) is 4.98 Å². The second kappa shape index (κ2) is 6.48. The maximum Gasteiger partial charge on any atom is 0.223 e. The average Bonchev–Trinajstić information content (AvgIpc) is 2.85. The van der Waals surface area contributed by atoms with Gasteiger partial charge in [0.2, 0.25) is 5.91 Å². The Hall–Kier alpha value is -0.940. The Morgan fingerprint density at radius 3 is 3.05 bits per heavy atom. The van der Waals surface area contributed by atoms with E-state index in [9.17, 15) is 4.79 Å². The van der Waals surface area contributed by atoms with Crippen LogP contribution in [0.2, 0.25) is 0 Å². The first kappa shape index (κ1) is 14.5. The Bertz CT molecular complexity index is 430. The van der Waals surface area contributed by atoms with E-state index in [1.807, 2.05) is 0 Å². The molecule has 1 aliphatic heterocycles. The number of hydrogen-bond acceptors (Lipinski definition) is 4. The van der Waals surface area contributed by atoms with Crippen LogP contribution < -0.4 is 10.6 Å². The van der Waals surface area contributed by atoms with Crippen molar-refractivity contribution in [2.45, 2.75) is 52.1 Å². The van der Waals surface area contributed by atoms with E-state index in [-0.39, 0.29) is 11.8 Å². The Kier molecular flexibility index (Phi) is 4.93. The minimum absolute atomic E-state index is 0.154. The molecule has 19 heavy (non-hydrogen) atoms. The van der Waals surface area contributed by atoms with E-state index in [4.69, 9.17) is 0 Å². The number of rotatable bonds is 4. The molecule has 2 heterocycles. The molecule has 1 saturated heterocycles. The highest BCUT2D eigenvalue weighted by atomic mass is 32.1. The first-order valence-corrected chi connectivity index (χ1v) is 7.89. The monoisotopic (exact) mass is 281 g/mol. The normalized spacial score (nSPS) is 23.6. The first-order chi connectivity index (χ1) is 9.06. The van der Waals surface area contributed by atoms with Gasteiger partial charge >= 0.3 is 0 Å². The van der Waals surface area contributed by atoms with Crippen LogP contribution in [-0.2, 0) is 11.3 Å². The molecule has 1 amide bonds. The Balaban J connectivity index is 1.82. The number of aromatic nitrogens is 1. The lowest BCUT2D eigenvalue weighted by Gasteiger charge is -2.26. The topological polar surface area (TPSA) is 54.0 Å². The number of hydrogen-bond donors (Lipinski definition) is 2. The number of thiazole rings is 1. The van der Waals surface area contributed by atoms with Crippen molar-refractivity contribution in [3.8, 4) is 0 Å². The highest BCUT2D eigenvalue weighted by Crippen LogP contribution is 2.19. The molecule has 1 aromatic heterocycles. The van der Waals surface area contributed by atoms with Crippen molar-refractivity contribution in [3.05, 3.63) is 16.1 Å². The molecule has 4 nitrogen and oxygen atoms in total. The summed E-state index contributed by atoms with van der Waals surface area (Å²) in [7, 11) is 0. The summed E-state index contributed by atoms with van der Waals surface area (Å²) in [5.41, 5.74) is 1.12. The Morgan fingerprint density at radius 1 is 1.63 bits per heavy atom. The SMILES string of the molecule is CC(C)c1csc(CNC(=O)[C@H]2CCN[C@@H](C)C2)n1. The van der Waals surface area contributed by atoms with Gasteiger partial charge in [0.25, 0.3) is 0 Å². The molecular weight excluding hydrogens is 258 g/mol. The third-order valence-electron chi connectivity index (χ3n) is 3.57. The van der Waals surface area contributed by atoms with Crippen molar-refractivity contribution in [2.24, 2.45) is 5.92 Å². The molecule has 0 aliphatic carbocycles. The molecule has 2 atom stereocenters. The molecular formula is C14H23N3OS. The summed E-state index contributed by atoms with van der Waals surface area (Å²) in [5.74, 6) is 0.779. The van der Waals surface area contributed by atoms with Gasteiger partial charge in [0.1, 0.15) is 5.01 Å². The van der Waals surface area contributed by atoms with E-state index in [2.05, 4.69) is 41.8 Å². The molecule has 1 aromatic rings. The minimum atomic E-state index is 0.154. The first-order valence-electron chi connectivity index (χ1n) is 7.01. The second-order valence-electron chi connectivity index (χ2n) is 5.62. The Labute approximate surface area is 119 Å². The van der Waals surface area contributed by atoms with Gasteiger partial charge in [-0.05, 0) is 32.2 Å². The number of piperidine rings is 1. The zero-order chi connectivity index (χ0) is 13.8. The highest BCUT2D eigenvalue weighted by molar-refractivity contribution is 7.09. The molecule has 0 unspecified atom stereocenters. The average molecular weight is 281 g/mol. The Morgan fingerprint density at radius 2 is 2.42 bits per heavy atom. The minimum Gasteiger partial charge on any atom is -0.349 e.